The van der Waals surface area contributed by atoms with Crippen molar-refractivity contribution in [2.24, 2.45) is 0 Å². The molecule has 0 radical (unpaired) electrons. The maximum atomic E-state index is 10.9. The van der Waals surface area contributed by atoms with Gasteiger partial charge in [-0.1, -0.05) is 27.5 Å². The highest BCUT2D eigenvalue weighted by atomic mass is 79.9. The normalized spacial score (nSPS) is 18.6. The Bertz CT molecular complexity index is 667. The van der Waals surface area contributed by atoms with Crippen LogP contribution in [0.5, 0.6) is 0 Å². The molecule has 1 saturated heterocycles. The summed E-state index contributed by atoms with van der Waals surface area (Å²) in [7, 11) is 0. The zero-order chi connectivity index (χ0) is 14.8. The Balaban J connectivity index is 1.90. The minimum absolute atomic E-state index is 0.0186. The monoisotopic (exact) mass is 352 g/mol. The highest BCUT2D eigenvalue weighted by Gasteiger charge is 2.21. The van der Waals surface area contributed by atoms with Crippen molar-refractivity contribution in [3.63, 3.8) is 0 Å². The van der Waals surface area contributed by atoms with Gasteiger partial charge in [-0.15, -0.1) is 0 Å². The fourth-order valence-electron chi connectivity index (χ4n) is 2.37. The quantitative estimate of drug-likeness (QED) is 0.673. The van der Waals surface area contributed by atoms with Crippen molar-refractivity contribution in [2.75, 3.05) is 6.54 Å². The highest BCUT2D eigenvalue weighted by Crippen LogP contribution is 2.29. The molecule has 2 aromatic rings. The maximum absolute atomic E-state index is 10.9. The summed E-state index contributed by atoms with van der Waals surface area (Å²) in [5, 5.41) is 18.2. The molecule has 0 spiro atoms. The first-order valence-corrected chi connectivity index (χ1v) is 7.45. The van der Waals surface area contributed by atoms with Gasteiger partial charge in [0.25, 0.3) is 11.6 Å². The van der Waals surface area contributed by atoms with E-state index in [4.69, 9.17) is 4.52 Å². The summed E-state index contributed by atoms with van der Waals surface area (Å²) >= 11 is 3.26. The van der Waals surface area contributed by atoms with E-state index >= 15 is 0 Å². The fraction of sp³-hybridized carbons (Fsp3) is 0.385. The van der Waals surface area contributed by atoms with Crippen LogP contribution >= 0.6 is 15.9 Å². The molecule has 3 rings (SSSR count). The third kappa shape index (κ3) is 3.11. The van der Waals surface area contributed by atoms with Crippen LogP contribution in [0.25, 0.3) is 11.5 Å². The molecule has 1 aromatic heterocycles. The van der Waals surface area contributed by atoms with E-state index in [0.29, 0.717) is 21.8 Å². The molecule has 0 bridgehead atoms. The molecule has 1 unspecified atom stereocenters. The second kappa shape index (κ2) is 5.90. The summed E-state index contributed by atoms with van der Waals surface area (Å²) in [6, 6.07) is 4.68. The molecule has 1 atom stereocenters. The van der Waals surface area contributed by atoms with Crippen LogP contribution in [-0.4, -0.2) is 21.6 Å². The van der Waals surface area contributed by atoms with Gasteiger partial charge in [-0.2, -0.15) is 4.98 Å². The summed E-state index contributed by atoms with van der Waals surface area (Å²) in [5.74, 6) is 0.897. The van der Waals surface area contributed by atoms with Crippen molar-refractivity contribution in [2.45, 2.75) is 25.3 Å². The number of nitrogens with zero attached hydrogens (tertiary/aromatic N) is 3. The molecule has 21 heavy (non-hydrogen) atoms. The molecular weight excluding hydrogens is 340 g/mol. The predicted molar refractivity (Wildman–Crippen MR) is 78.7 cm³/mol. The van der Waals surface area contributed by atoms with Gasteiger partial charge in [0.2, 0.25) is 0 Å². The molecule has 1 aliphatic heterocycles. The SMILES string of the molecule is O=[N+]([O-])c1cc(Br)cc(-c2nc(C3CCCCN3)no2)c1. The Kier molecular flexibility index (Phi) is 3.98. The van der Waals surface area contributed by atoms with Crippen molar-refractivity contribution in [1.82, 2.24) is 15.5 Å². The lowest BCUT2D eigenvalue weighted by molar-refractivity contribution is -0.384. The number of non-ortho nitro benzene ring substituents is 1. The summed E-state index contributed by atoms with van der Waals surface area (Å²) < 4.78 is 5.85. The van der Waals surface area contributed by atoms with Crippen LogP contribution in [0.4, 0.5) is 5.69 Å². The lowest BCUT2D eigenvalue weighted by Gasteiger charge is -2.19. The first-order valence-electron chi connectivity index (χ1n) is 6.66. The summed E-state index contributed by atoms with van der Waals surface area (Å²) in [4.78, 5) is 14.8. The molecule has 1 aliphatic rings. The average Bonchev–Trinajstić information content (AvgIpc) is 2.97. The van der Waals surface area contributed by atoms with E-state index in [1.807, 2.05) is 0 Å². The van der Waals surface area contributed by atoms with Crippen LogP contribution in [-0.2, 0) is 0 Å². The first-order chi connectivity index (χ1) is 10.1. The Morgan fingerprint density at radius 1 is 1.38 bits per heavy atom. The number of hydrogen-bond donors (Lipinski definition) is 1. The zero-order valence-corrected chi connectivity index (χ0v) is 12.7. The van der Waals surface area contributed by atoms with Crippen LogP contribution in [0.15, 0.2) is 27.2 Å². The first kappa shape index (κ1) is 14.2. The average molecular weight is 353 g/mol. The van der Waals surface area contributed by atoms with Crippen molar-refractivity contribution in [3.05, 3.63) is 38.6 Å². The number of halogens is 1. The second-order valence-electron chi connectivity index (χ2n) is 4.92. The summed E-state index contributed by atoms with van der Waals surface area (Å²) in [6.45, 7) is 0.941. The van der Waals surface area contributed by atoms with E-state index in [1.54, 1.807) is 6.07 Å². The minimum Gasteiger partial charge on any atom is -0.334 e. The van der Waals surface area contributed by atoms with Crippen LogP contribution in [0.1, 0.15) is 31.1 Å². The molecule has 1 N–H and O–H groups in total. The Labute approximate surface area is 129 Å². The standard InChI is InChI=1S/C13H13BrN4O3/c14-9-5-8(6-10(7-9)18(19)20)13-16-12(17-21-13)11-3-1-2-4-15-11/h5-7,11,15H,1-4H2. The van der Waals surface area contributed by atoms with Gasteiger partial charge in [-0.3, -0.25) is 10.1 Å². The molecule has 2 heterocycles. The Morgan fingerprint density at radius 2 is 2.24 bits per heavy atom. The van der Waals surface area contributed by atoms with E-state index < -0.39 is 4.92 Å². The number of nitrogens with one attached hydrogen (secondary N) is 1. The van der Waals surface area contributed by atoms with Crippen molar-refractivity contribution in [3.8, 4) is 11.5 Å². The molecule has 1 aromatic carbocycles. The number of rotatable bonds is 3. The van der Waals surface area contributed by atoms with Crippen molar-refractivity contribution in [1.29, 1.82) is 0 Å². The number of nitro groups is 1. The van der Waals surface area contributed by atoms with Gasteiger partial charge in [0.15, 0.2) is 5.82 Å². The number of aromatic nitrogens is 2. The van der Waals surface area contributed by atoms with Gasteiger partial charge in [0.1, 0.15) is 0 Å². The Morgan fingerprint density at radius 3 is 2.95 bits per heavy atom. The molecule has 8 heteroatoms. The van der Waals surface area contributed by atoms with E-state index in [2.05, 4.69) is 31.4 Å². The van der Waals surface area contributed by atoms with E-state index in [-0.39, 0.29) is 11.7 Å². The van der Waals surface area contributed by atoms with Crippen LogP contribution in [0.3, 0.4) is 0 Å². The smallest absolute Gasteiger partial charge is 0.271 e. The zero-order valence-electron chi connectivity index (χ0n) is 11.1. The van der Waals surface area contributed by atoms with Gasteiger partial charge in [0.05, 0.1) is 11.0 Å². The number of nitro benzene ring substituents is 1. The Hall–Kier alpha value is -1.80. The van der Waals surface area contributed by atoms with Crippen LogP contribution < -0.4 is 5.32 Å². The lowest BCUT2D eigenvalue weighted by atomic mass is 10.0. The maximum Gasteiger partial charge on any atom is 0.271 e. The van der Waals surface area contributed by atoms with E-state index in [9.17, 15) is 10.1 Å². The molecule has 0 aliphatic carbocycles. The topological polar surface area (TPSA) is 94.1 Å². The van der Waals surface area contributed by atoms with E-state index in [1.165, 1.54) is 12.1 Å². The van der Waals surface area contributed by atoms with Gasteiger partial charge >= 0.3 is 0 Å². The molecule has 0 amide bonds. The third-order valence-corrected chi connectivity index (χ3v) is 3.86. The van der Waals surface area contributed by atoms with Gasteiger partial charge in [0, 0.05) is 22.2 Å². The predicted octanol–water partition coefficient (Wildman–Crippen LogP) is 3.22. The number of hydrogen-bond acceptors (Lipinski definition) is 6. The third-order valence-electron chi connectivity index (χ3n) is 3.40. The number of benzene rings is 1. The molecule has 110 valence electrons. The molecule has 0 saturated carbocycles. The highest BCUT2D eigenvalue weighted by molar-refractivity contribution is 9.10. The van der Waals surface area contributed by atoms with Crippen molar-refractivity contribution >= 4 is 21.6 Å². The largest absolute Gasteiger partial charge is 0.334 e. The summed E-state index contributed by atoms with van der Waals surface area (Å²) in [6.07, 6.45) is 3.25. The second-order valence-corrected chi connectivity index (χ2v) is 5.83. The molecule has 1 fully saturated rings. The number of piperidine rings is 1. The van der Waals surface area contributed by atoms with Crippen LogP contribution in [0.2, 0.25) is 0 Å². The lowest BCUT2D eigenvalue weighted by Crippen LogP contribution is -2.27. The minimum atomic E-state index is -0.450. The van der Waals surface area contributed by atoms with Crippen molar-refractivity contribution < 1.29 is 9.45 Å². The van der Waals surface area contributed by atoms with Crippen LogP contribution in [0, 0.1) is 10.1 Å². The van der Waals surface area contributed by atoms with Gasteiger partial charge in [-0.05, 0) is 25.5 Å². The van der Waals surface area contributed by atoms with Gasteiger partial charge < -0.3 is 9.84 Å². The summed E-state index contributed by atoms with van der Waals surface area (Å²) in [5.41, 5.74) is 0.514. The molecular formula is C13H13BrN4O3. The van der Waals surface area contributed by atoms with Gasteiger partial charge in [-0.25, -0.2) is 0 Å². The van der Waals surface area contributed by atoms with E-state index in [0.717, 1.165) is 25.8 Å². The fourth-order valence-corrected chi connectivity index (χ4v) is 2.85. The molecule has 7 nitrogen and oxygen atoms in total.